The lowest BCUT2D eigenvalue weighted by Crippen LogP contribution is -2.60. The first-order valence-corrected chi connectivity index (χ1v) is 31.2. The summed E-state index contributed by atoms with van der Waals surface area (Å²) in [6.07, 6.45) is 56.1. The summed E-state index contributed by atoms with van der Waals surface area (Å²) in [5, 5.41) is 54.6. The van der Waals surface area contributed by atoms with Gasteiger partial charge in [0.05, 0.1) is 25.4 Å². The summed E-state index contributed by atoms with van der Waals surface area (Å²) in [5.74, 6) is -0.137. The van der Waals surface area contributed by atoms with Crippen molar-refractivity contribution in [1.29, 1.82) is 0 Å². The Kier molecular flexibility index (Phi) is 49.6. The lowest BCUT2D eigenvalue weighted by atomic mass is 9.99. The molecule has 1 rings (SSSR count). The molecule has 1 aliphatic rings. The van der Waals surface area contributed by atoms with Gasteiger partial charge < -0.3 is 40.3 Å². The number of hydrogen-bond donors (Lipinski definition) is 6. The first-order chi connectivity index (χ1) is 34.3. The largest absolute Gasteiger partial charge is 0.394 e. The summed E-state index contributed by atoms with van der Waals surface area (Å²) in [7, 11) is 0. The maximum Gasteiger partial charge on any atom is 0.220 e. The fourth-order valence-electron chi connectivity index (χ4n) is 10.5. The Morgan fingerprint density at radius 1 is 0.429 bits per heavy atom. The zero-order valence-electron chi connectivity index (χ0n) is 46.6. The molecule has 0 aliphatic carbocycles. The van der Waals surface area contributed by atoms with Crippen molar-refractivity contribution >= 4 is 5.91 Å². The first kappa shape index (κ1) is 67.2. The molecule has 0 aromatic carbocycles. The Morgan fingerprint density at radius 3 is 1.01 bits per heavy atom. The van der Waals surface area contributed by atoms with Gasteiger partial charge in [-0.2, -0.15) is 0 Å². The van der Waals surface area contributed by atoms with E-state index in [0.717, 1.165) is 38.5 Å². The summed E-state index contributed by atoms with van der Waals surface area (Å²) in [6.45, 7) is 3.87. The monoisotopic (exact) mass is 996 g/mol. The number of aliphatic hydroxyl groups is 5. The van der Waals surface area contributed by atoms with Crippen LogP contribution in [0.2, 0.25) is 0 Å². The van der Waals surface area contributed by atoms with Gasteiger partial charge in [-0.25, -0.2) is 0 Å². The molecule has 0 spiro atoms. The Morgan fingerprint density at radius 2 is 0.714 bits per heavy atom. The molecule has 9 heteroatoms. The Labute approximate surface area is 434 Å². The summed E-state index contributed by atoms with van der Waals surface area (Å²) in [4.78, 5) is 13.1. The van der Waals surface area contributed by atoms with Crippen molar-refractivity contribution in [2.45, 2.75) is 371 Å². The topological polar surface area (TPSA) is 149 Å². The third-order valence-corrected chi connectivity index (χ3v) is 15.5. The molecule has 1 heterocycles. The van der Waals surface area contributed by atoms with Crippen molar-refractivity contribution in [3.05, 3.63) is 0 Å². The fourth-order valence-corrected chi connectivity index (χ4v) is 10.5. The van der Waals surface area contributed by atoms with Crippen LogP contribution in [0.25, 0.3) is 0 Å². The van der Waals surface area contributed by atoms with Crippen molar-refractivity contribution in [1.82, 2.24) is 5.32 Å². The number of amides is 1. The molecule has 418 valence electrons. The molecule has 1 amide bonds. The van der Waals surface area contributed by atoms with Crippen LogP contribution in [0.4, 0.5) is 0 Å². The van der Waals surface area contributed by atoms with Crippen LogP contribution in [-0.4, -0.2) is 87.5 Å². The van der Waals surface area contributed by atoms with E-state index >= 15 is 0 Å². The number of nitrogens with one attached hydrogen (secondary N) is 1. The number of hydrogen-bond acceptors (Lipinski definition) is 8. The highest BCUT2D eigenvalue weighted by molar-refractivity contribution is 5.76. The number of unbranched alkanes of at least 4 members (excludes halogenated alkanes) is 45. The van der Waals surface area contributed by atoms with Gasteiger partial charge in [0.25, 0.3) is 0 Å². The predicted molar refractivity (Wildman–Crippen MR) is 295 cm³/mol. The number of ether oxygens (including phenoxy) is 2. The molecule has 7 unspecified atom stereocenters. The zero-order valence-corrected chi connectivity index (χ0v) is 46.6. The minimum Gasteiger partial charge on any atom is -0.394 e. The van der Waals surface area contributed by atoms with Crippen molar-refractivity contribution in [3.8, 4) is 0 Å². The molecule has 9 nitrogen and oxygen atoms in total. The average molecular weight is 997 g/mol. The van der Waals surface area contributed by atoms with Crippen LogP contribution in [0.1, 0.15) is 328 Å². The lowest BCUT2D eigenvalue weighted by Gasteiger charge is -2.40. The smallest absolute Gasteiger partial charge is 0.220 e. The van der Waals surface area contributed by atoms with E-state index in [4.69, 9.17) is 9.47 Å². The van der Waals surface area contributed by atoms with Gasteiger partial charge in [0, 0.05) is 6.42 Å². The Balaban J connectivity index is 2.02. The maximum atomic E-state index is 13.1. The quantitative estimate of drug-likeness (QED) is 0.0330. The molecule has 0 aromatic heterocycles. The molecule has 0 bridgehead atoms. The summed E-state index contributed by atoms with van der Waals surface area (Å²) >= 11 is 0. The SMILES string of the molecule is CCCCCCCCCCCCCCCCCCCCCCCCCCCCCCCCCCCCCC(=O)NC(COC1OC(CO)C(O)C(O)C1O)C(O)CCCCCCCCCCCCCC. The van der Waals surface area contributed by atoms with E-state index in [1.54, 1.807) is 0 Å². The summed E-state index contributed by atoms with van der Waals surface area (Å²) < 4.78 is 11.3. The van der Waals surface area contributed by atoms with Crippen LogP contribution in [0.5, 0.6) is 0 Å². The molecule has 0 saturated carbocycles. The van der Waals surface area contributed by atoms with E-state index in [9.17, 15) is 30.3 Å². The van der Waals surface area contributed by atoms with Gasteiger partial charge in [-0.3, -0.25) is 4.79 Å². The Bertz CT molecular complexity index is 1060. The maximum absolute atomic E-state index is 13.1. The van der Waals surface area contributed by atoms with Crippen LogP contribution in [0.3, 0.4) is 0 Å². The second-order valence-corrected chi connectivity index (χ2v) is 22.2. The number of carbonyl (C=O) groups is 1. The second-order valence-electron chi connectivity index (χ2n) is 22.2. The van der Waals surface area contributed by atoms with Crippen LogP contribution in [0, 0.1) is 0 Å². The van der Waals surface area contributed by atoms with Crippen LogP contribution in [-0.2, 0) is 14.3 Å². The first-order valence-electron chi connectivity index (χ1n) is 31.2. The Hall–Kier alpha value is -0.810. The molecular weight excluding hydrogens is 875 g/mol. The van der Waals surface area contributed by atoms with Crippen LogP contribution in [0.15, 0.2) is 0 Å². The van der Waals surface area contributed by atoms with Gasteiger partial charge in [0.15, 0.2) is 6.29 Å². The van der Waals surface area contributed by atoms with E-state index in [2.05, 4.69) is 19.2 Å². The third kappa shape index (κ3) is 40.6. The van der Waals surface area contributed by atoms with E-state index in [1.807, 2.05) is 0 Å². The van der Waals surface area contributed by atoms with Gasteiger partial charge in [0.1, 0.15) is 24.4 Å². The van der Waals surface area contributed by atoms with E-state index in [0.29, 0.717) is 12.8 Å². The van der Waals surface area contributed by atoms with Crippen molar-refractivity contribution < 1.29 is 39.8 Å². The second kappa shape index (κ2) is 51.7. The van der Waals surface area contributed by atoms with Crippen molar-refractivity contribution in [3.63, 3.8) is 0 Å². The summed E-state index contributed by atoms with van der Waals surface area (Å²) in [5.41, 5.74) is 0. The van der Waals surface area contributed by atoms with Gasteiger partial charge in [-0.05, 0) is 12.8 Å². The molecule has 6 N–H and O–H groups in total. The van der Waals surface area contributed by atoms with Crippen LogP contribution < -0.4 is 5.32 Å². The highest BCUT2D eigenvalue weighted by Crippen LogP contribution is 2.24. The van der Waals surface area contributed by atoms with Gasteiger partial charge in [-0.1, -0.05) is 309 Å². The number of aliphatic hydroxyl groups excluding tert-OH is 5. The minimum absolute atomic E-state index is 0.131. The van der Waals surface area contributed by atoms with E-state index < -0.39 is 49.5 Å². The highest BCUT2D eigenvalue weighted by Gasteiger charge is 2.44. The highest BCUT2D eigenvalue weighted by atomic mass is 16.7. The summed E-state index contributed by atoms with van der Waals surface area (Å²) in [6, 6.07) is -0.712. The van der Waals surface area contributed by atoms with Crippen LogP contribution >= 0.6 is 0 Å². The third-order valence-electron chi connectivity index (χ3n) is 15.5. The number of carbonyl (C=O) groups excluding carboxylic acids is 1. The molecule has 70 heavy (non-hydrogen) atoms. The molecule has 0 aromatic rings. The molecule has 1 fully saturated rings. The molecular formula is C61H121NO8. The van der Waals surface area contributed by atoms with E-state index in [-0.39, 0.29) is 12.5 Å². The molecule has 7 atom stereocenters. The molecule has 1 saturated heterocycles. The average Bonchev–Trinajstić information content (AvgIpc) is 3.36. The zero-order chi connectivity index (χ0) is 50.8. The standard InChI is InChI=1S/C61H121NO8/c1-3-5-7-9-11-13-15-17-18-19-20-21-22-23-24-25-26-27-28-29-30-31-32-33-34-35-36-37-38-39-41-43-45-47-49-51-57(65)62-54(53-69-61-60(68)59(67)58(66)56(52-63)70-61)55(64)50-48-46-44-42-40-16-14-12-10-8-6-4-2/h54-56,58-61,63-64,66-68H,3-53H2,1-2H3,(H,62,65). The van der Waals surface area contributed by atoms with Crippen molar-refractivity contribution in [2.75, 3.05) is 13.2 Å². The lowest BCUT2D eigenvalue weighted by molar-refractivity contribution is -0.302. The predicted octanol–water partition coefficient (Wildman–Crippen LogP) is 15.8. The number of rotatable bonds is 55. The van der Waals surface area contributed by atoms with Crippen molar-refractivity contribution in [2.24, 2.45) is 0 Å². The molecule has 0 radical (unpaired) electrons. The normalized spacial score (nSPS) is 19.2. The van der Waals surface area contributed by atoms with Gasteiger partial charge in [-0.15, -0.1) is 0 Å². The van der Waals surface area contributed by atoms with Gasteiger partial charge in [0.2, 0.25) is 5.91 Å². The fraction of sp³-hybridized carbons (Fsp3) is 0.984. The van der Waals surface area contributed by atoms with Gasteiger partial charge >= 0.3 is 0 Å². The minimum atomic E-state index is -1.55. The van der Waals surface area contributed by atoms with E-state index in [1.165, 1.54) is 263 Å². The molecule has 1 aliphatic heterocycles.